The number of hydrogen-bond acceptors (Lipinski definition) is 3. The number of amides is 1. The monoisotopic (exact) mass is 325 g/mol. The number of halogens is 3. The van der Waals surface area contributed by atoms with Crippen LogP contribution in [0.15, 0.2) is 28.4 Å². The van der Waals surface area contributed by atoms with Gasteiger partial charge in [-0.05, 0) is 43.7 Å². The molecule has 1 saturated carbocycles. The van der Waals surface area contributed by atoms with Crippen LogP contribution in [0.4, 0.5) is 13.2 Å². The van der Waals surface area contributed by atoms with Gasteiger partial charge in [0.2, 0.25) is 0 Å². The third-order valence-corrected chi connectivity index (χ3v) is 4.25. The van der Waals surface area contributed by atoms with Gasteiger partial charge in [0.15, 0.2) is 0 Å². The highest BCUT2D eigenvalue weighted by atomic mass is 19.4. The van der Waals surface area contributed by atoms with Gasteiger partial charge >= 0.3 is 6.18 Å². The minimum atomic E-state index is -4.44. The van der Waals surface area contributed by atoms with Crippen LogP contribution in [0.5, 0.6) is 0 Å². The van der Waals surface area contributed by atoms with Crippen LogP contribution in [0.2, 0.25) is 0 Å². The molecule has 1 aliphatic carbocycles. The molecule has 1 aliphatic heterocycles. The van der Waals surface area contributed by atoms with Crippen molar-refractivity contribution in [1.82, 2.24) is 5.32 Å². The maximum atomic E-state index is 12.7. The standard InChI is InChI=1S/C16H18F3N3O/c1-10-3-6-12(13(9-10)11-4-5-11)14(23)20-8-2-7-15(21-22-15)16(17,18)19/h3,6,9,11H,2,4-5,7-8H2,1H3,(H,20,23). The van der Waals surface area contributed by atoms with Crippen LogP contribution in [0.25, 0.3) is 0 Å². The molecule has 1 aromatic carbocycles. The Morgan fingerprint density at radius 3 is 2.61 bits per heavy atom. The molecule has 0 bridgehead atoms. The van der Waals surface area contributed by atoms with Crippen LogP contribution in [-0.2, 0) is 0 Å². The van der Waals surface area contributed by atoms with E-state index < -0.39 is 11.8 Å². The summed E-state index contributed by atoms with van der Waals surface area (Å²) in [6.45, 7) is 2.16. The van der Waals surface area contributed by atoms with Crippen molar-refractivity contribution < 1.29 is 18.0 Å². The molecule has 1 amide bonds. The molecule has 2 aliphatic rings. The molecule has 124 valence electrons. The van der Waals surface area contributed by atoms with Crippen molar-refractivity contribution in [1.29, 1.82) is 0 Å². The first-order valence-corrected chi connectivity index (χ1v) is 7.72. The van der Waals surface area contributed by atoms with Gasteiger partial charge < -0.3 is 5.32 Å². The zero-order chi connectivity index (χ0) is 16.7. The number of nitrogens with zero attached hydrogens (tertiary/aromatic N) is 2. The third kappa shape index (κ3) is 3.38. The summed E-state index contributed by atoms with van der Waals surface area (Å²) in [7, 11) is 0. The van der Waals surface area contributed by atoms with Gasteiger partial charge in [0, 0.05) is 18.5 Å². The van der Waals surface area contributed by atoms with Crippen molar-refractivity contribution in [3.63, 3.8) is 0 Å². The average molecular weight is 325 g/mol. The smallest absolute Gasteiger partial charge is 0.352 e. The topological polar surface area (TPSA) is 53.8 Å². The van der Waals surface area contributed by atoms with E-state index in [1.807, 2.05) is 19.1 Å². The summed E-state index contributed by atoms with van der Waals surface area (Å²) < 4.78 is 38.0. The first-order valence-electron chi connectivity index (χ1n) is 7.72. The SMILES string of the molecule is Cc1ccc(C(=O)NCCCC2(C(F)(F)F)N=N2)c(C2CC2)c1. The molecule has 3 rings (SSSR count). The molecule has 4 nitrogen and oxygen atoms in total. The lowest BCUT2D eigenvalue weighted by atomic mass is 10.00. The largest absolute Gasteiger partial charge is 0.437 e. The fourth-order valence-electron chi connectivity index (χ4n) is 2.67. The number of hydrogen-bond donors (Lipinski definition) is 1. The molecule has 0 aromatic heterocycles. The fraction of sp³-hybridized carbons (Fsp3) is 0.562. The molecule has 7 heteroatoms. The van der Waals surface area contributed by atoms with Gasteiger partial charge in [-0.3, -0.25) is 4.79 Å². The molecular weight excluding hydrogens is 307 g/mol. The quantitative estimate of drug-likeness (QED) is 0.786. The van der Waals surface area contributed by atoms with Gasteiger partial charge in [0.25, 0.3) is 11.6 Å². The highest BCUT2D eigenvalue weighted by Crippen LogP contribution is 2.47. The van der Waals surface area contributed by atoms with Gasteiger partial charge in [0.1, 0.15) is 0 Å². The van der Waals surface area contributed by atoms with E-state index in [-0.39, 0.29) is 25.3 Å². The summed E-state index contributed by atoms with van der Waals surface area (Å²) in [5, 5.41) is 8.95. The van der Waals surface area contributed by atoms with E-state index in [4.69, 9.17) is 0 Å². The lowest BCUT2D eigenvalue weighted by molar-refractivity contribution is -0.165. The zero-order valence-corrected chi connectivity index (χ0v) is 12.8. The van der Waals surface area contributed by atoms with E-state index in [0.29, 0.717) is 11.5 Å². The lowest BCUT2D eigenvalue weighted by Gasteiger charge is -2.14. The van der Waals surface area contributed by atoms with Gasteiger partial charge in [-0.1, -0.05) is 17.7 Å². The highest BCUT2D eigenvalue weighted by Gasteiger charge is 2.63. The minimum Gasteiger partial charge on any atom is -0.352 e. The Bertz CT molecular complexity index is 644. The molecule has 1 N–H and O–H groups in total. The summed E-state index contributed by atoms with van der Waals surface area (Å²) in [5.41, 5.74) is 0.555. The van der Waals surface area contributed by atoms with E-state index in [2.05, 4.69) is 15.5 Å². The van der Waals surface area contributed by atoms with Gasteiger partial charge in [0.05, 0.1) is 0 Å². The van der Waals surface area contributed by atoms with Crippen molar-refractivity contribution in [3.8, 4) is 0 Å². The number of alkyl halides is 3. The van der Waals surface area contributed by atoms with Crippen LogP contribution < -0.4 is 5.32 Å². The van der Waals surface area contributed by atoms with E-state index in [0.717, 1.165) is 24.0 Å². The Kier molecular flexibility index (Phi) is 3.90. The van der Waals surface area contributed by atoms with Crippen molar-refractivity contribution in [3.05, 3.63) is 34.9 Å². The third-order valence-electron chi connectivity index (χ3n) is 4.25. The number of nitrogens with one attached hydrogen (secondary N) is 1. The van der Waals surface area contributed by atoms with Crippen LogP contribution >= 0.6 is 0 Å². The summed E-state index contributed by atoms with van der Waals surface area (Å²) >= 11 is 0. The molecule has 0 atom stereocenters. The summed E-state index contributed by atoms with van der Waals surface area (Å²) in [6, 6.07) is 5.69. The second-order valence-corrected chi connectivity index (χ2v) is 6.24. The van der Waals surface area contributed by atoms with Crippen molar-refractivity contribution >= 4 is 5.91 Å². The molecule has 1 fully saturated rings. The van der Waals surface area contributed by atoms with Gasteiger partial charge in [-0.2, -0.15) is 13.2 Å². The minimum absolute atomic E-state index is 0.180. The zero-order valence-electron chi connectivity index (χ0n) is 12.8. The Hall–Kier alpha value is -1.92. The molecule has 0 radical (unpaired) electrons. The normalized spacial score (nSPS) is 18.8. The van der Waals surface area contributed by atoms with E-state index in [1.54, 1.807) is 6.07 Å². The molecule has 0 spiro atoms. The van der Waals surface area contributed by atoms with Crippen molar-refractivity contribution in [2.45, 2.75) is 50.4 Å². The number of aryl methyl sites for hydroxylation is 1. The highest BCUT2D eigenvalue weighted by molar-refractivity contribution is 5.96. The molecular formula is C16H18F3N3O. The number of carbonyl (C=O) groups excluding carboxylic acids is 1. The van der Waals surface area contributed by atoms with Gasteiger partial charge in [-0.15, -0.1) is 10.2 Å². The summed E-state index contributed by atoms with van der Waals surface area (Å²) in [6.07, 6.45) is -2.31. The Balaban J connectivity index is 1.53. The molecule has 23 heavy (non-hydrogen) atoms. The van der Waals surface area contributed by atoms with Crippen LogP contribution in [0.3, 0.4) is 0 Å². The predicted octanol–water partition coefficient (Wildman–Crippen LogP) is 4.11. The maximum Gasteiger partial charge on any atom is 0.437 e. The predicted molar refractivity (Wildman–Crippen MR) is 78.4 cm³/mol. The fourth-order valence-corrected chi connectivity index (χ4v) is 2.67. The number of carbonyl (C=O) groups is 1. The maximum absolute atomic E-state index is 12.7. The lowest BCUT2D eigenvalue weighted by Crippen LogP contribution is -2.34. The van der Waals surface area contributed by atoms with E-state index in [1.165, 1.54) is 0 Å². The van der Waals surface area contributed by atoms with Crippen molar-refractivity contribution in [2.24, 2.45) is 10.2 Å². The first kappa shape index (κ1) is 16.0. The summed E-state index contributed by atoms with van der Waals surface area (Å²) in [4.78, 5) is 12.3. The molecule has 1 heterocycles. The number of benzene rings is 1. The van der Waals surface area contributed by atoms with E-state index in [9.17, 15) is 18.0 Å². The van der Waals surface area contributed by atoms with E-state index >= 15 is 0 Å². The molecule has 0 unspecified atom stereocenters. The Morgan fingerprint density at radius 1 is 1.35 bits per heavy atom. The first-order chi connectivity index (χ1) is 10.8. The molecule has 0 saturated heterocycles. The second kappa shape index (κ2) is 5.62. The van der Waals surface area contributed by atoms with Crippen LogP contribution in [-0.4, -0.2) is 24.3 Å². The average Bonchev–Trinajstić information content (AvgIpc) is 3.36. The van der Waals surface area contributed by atoms with Crippen molar-refractivity contribution in [2.75, 3.05) is 6.54 Å². The Labute approximate surface area is 132 Å². The van der Waals surface area contributed by atoms with Gasteiger partial charge in [-0.25, -0.2) is 0 Å². The Morgan fingerprint density at radius 2 is 2.04 bits per heavy atom. The number of rotatable bonds is 6. The van der Waals surface area contributed by atoms with Crippen LogP contribution in [0.1, 0.15) is 53.1 Å². The second-order valence-electron chi connectivity index (χ2n) is 6.24. The molecule has 1 aromatic rings. The van der Waals surface area contributed by atoms with Crippen LogP contribution in [0, 0.1) is 6.92 Å². The summed E-state index contributed by atoms with van der Waals surface area (Å²) in [5.74, 6) is 0.214.